The summed E-state index contributed by atoms with van der Waals surface area (Å²) < 4.78 is 29.3. The molecule has 3 aromatic heterocycles. The van der Waals surface area contributed by atoms with Gasteiger partial charge in [-0.3, -0.25) is 9.78 Å². The van der Waals surface area contributed by atoms with Crippen LogP contribution in [0.25, 0.3) is 32.9 Å². The number of hydrogen-bond acceptors (Lipinski definition) is 3. The first-order valence-electron chi connectivity index (χ1n) is 9.71. The van der Waals surface area contributed by atoms with E-state index in [9.17, 15) is 23.5 Å². The molecule has 0 bridgehead atoms. The van der Waals surface area contributed by atoms with Crippen LogP contribution in [0.4, 0.5) is 8.78 Å². The number of carboxylic acid groups (broad SMARTS) is 1. The Morgan fingerprint density at radius 1 is 1.09 bits per heavy atom. The molecule has 0 amide bonds. The normalized spacial score (nSPS) is 11.3. The number of hydrogen-bond donors (Lipinski definition) is 2. The fourth-order valence-electron chi connectivity index (χ4n) is 4.07. The Morgan fingerprint density at radius 3 is 2.69 bits per heavy atom. The third-order valence-corrected chi connectivity index (χ3v) is 5.43. The van der Waals surface area contributed by atoms with Crippen molar-refractivity contribution in [2.24, 2.45) is 0 Å². The number of H-pyrrole nitrogens is 1. The van der Waals surface area contributed by atoms with E-state index in [1.807, 2.05) is 6.07 Å². The number of rotatable bonds is 4. The van der Waals surface area contributed by atoms with E-state index in [0.29, 0.717) is 16.4 Å². The predicted molar refractivity (Wildman–Crippen MR) is 116 cm³/mol. The molecule has 0 spiro atoms. The maximum absolute atomic E-state index is 14.4. The van der Waals surface area contributed by atoms with Gasteiger partial charge in [-0.1, -0.05) is 18.2 Å². The number of pyridine rings is 2. The minimum absolute atomic E-state index is 0.112. The van der Waals surface area contributed by atoms with Crippen LogP contribution in [-0.2, 0) is 6.54 Å². The van der Waals surface area contributed by atoms with E-state index in [1.165, 1.54) is 22.9 Å². The van der Waals surface area contributed by atoms with Crippen LogP contribution in [0.5, 0.6) is 0 Å². The number of carbonyl (C=O) groups is 1. The van der Waals surface area contributed by atoms with E-state index in [0.717, 1.165) is 17.5 Å². The number of aromatic amines is 1. The van der Waals surface area contributed by atoms with E-state index in [-0.39, 0.29) is 28.9 Å². The van der Waals surface area contributed by atoms with E-state index in [2.05, 4.69) is 9.97 Å². The number of halogens is 2. The molecule has 2 aromatic carbocycles. The van der Waals surface area contributed by atoms with Crippen molar-refractivity contribution < 1.29 is 18.7 Å². The Bertz CT molecular complexity index is 1590. The van der Waals surface area contributed by atoms with Crippen LogP contribution in [-0.4, -0.2) is 25.6 Å². The van der Waals surface area contributed by atoms with Crippen LogP contribution in [0.3, 0.4) is 0 Å². The molecule has 158 valence electrons. The van der Waals surface area contributed by atoms with E-state index < -0.39 is 23.2 Å². The molecule has 0 atom stereocenters. The molecule has 0 radical (unpaired) electrons. The lowest BCUT2D eigenvalue weighted by atomic mass is 10.0. The summed E-state index contributed by atoms with van der Waals surface area (Å²) in [5.74, 6) is -2.80. The highest BCUT2D eigenvalue weighted by molar-refractivity contribution is 6.17. The predicted octanol–water partition coefficient (Wildman–Crippen LogP) is 4.57. The number of fused-ring (bicyclic) bond motifs is 3. The van der Waals surface area contributed by atoms with Gasteiger partial charge in [0.15, 0.2) is 0 Å². The first-order chi connectivity index (χ1) is 15.5. The quantitative estimate of drug-likeness (QED) is 0.436. The molecule has 8 heteroatoms. The summed E-state index contributed by atoms with van der Waals surface area (Å²) in [5.41, 5.74) is 0.807. The Balaban J connectivity index is 1.93. The summed E-state index contributed by atoms with van der Waals surface area (Å²) in [7, 11) is 0. The minimum Gasteiger partial charge on any atom is -0.477 e. The molecule has 3 heterocycles. The molecule has 0 unspecified atom stereocenters. The summed E-state index contributed by atoms with van der Waals surface area (Å²) in [6.45, 7) is -0.173. The molecule has 0 saturated carbocycles. The highest BCUT2D eigenvalue weighted by Crippen LogP contribution is 2.38. The van der Waals surface area contributed by atoms with Gasteiger partial charge >= 0.3 is 5.97 Å². The first-order valence-corrected chi connectivity index (χ1v) is 9.71. The largest absolute Gasteiger partial charge is 0.477 e. The third kappa shape index (κ3) is 3.04. The summed E-state index contributed by atoms with van der Waals surface area (Å²) in [4.78, 5) is 32.1. The number of aromatic nitrogens is 3. The van der Waals surface area contributed by atoms with Crippen molar-refractivity contribution in [2.45, 2.75) is 6.54 Å². The topological polar surface area (TPSA) is 88.0 Å². The zero-order valence-electron chi connectivity index (χ0n) is 16.5. The van der Waals surface area contributed by atoms with Crippen molar-refractivity contribution in [2.75, 3.05) is 0 Å². The smallest absolute Gasteiger partial charge is 0.353 e. The van der Waals surface area contributed by atoms with E-state index >= 15 is 0 Å². The van der Waals surface area contributed by atoms with Gasteiger partial charge in [0.2, 0.25) is 0 Å². The molecule has 6 nitrogen and oxygen atoms in total. The van der Waals surface area contributed by atoms with Gasteiger partial charge in [-0.15, -0.1) is 0 Å². The molecule has 0 aliphatic rings. The summed E-state index contributed by atoms with van der Waals surface area (Å²) in [6, 6.07) is 13.4. The van der Waals surface area contributed by atoms with Crippen molar-refractivity contribution in [1.82, 2.24) is 14.5 Å². The van der Waals surface area contributed by atoms with Crippen molar-refractivity contribution in [1.29, 1.82) is 0 Å². The Labute approximate surface area is 179 Å². The van der Waals surface area contributed by atoms with Crippen molar-refractivity contribution in [3.8, 4) is 11.1 Å². The number of nitrogens with one attached hydrogen (secondary N) is 1. The fraction of sp³-hybridized carbons (Fsp3) is 0.0417. The second-order valence-electron chi connectivity index (χ2n) is 7.30. The second-order valence-corrected chi connectivity index (χ2v) is 7.30. The van der Waals surface area contributed by atoms with Crippen LogP contribution in [0, 0.1) is 11.6 Å². The first kappa shape index (κ1) is 19.6. The Morgan fingerprint density at radius 2 is 1.94 bits per heavy atom. The van der Waals surface area contributed by atoms with Crippen LogP contribution >= 0.6 is 0 Å². The second kappa shape index (κ2) is 7.42. The monoisotopic (exact) mass is 431 g/mol. The van der Waals surface area contributed by atoms with Crippen LogP contribution in [0.15, 0.2) is 71.8 Å². The zero-order valence-corrected chi connectivity index (χ0v) is 16.5. The van der Waals surface area contributed by atoms with E-state index in [4.69, 9.17) is 0 Å². The Kier molecular flexibility index (Phi) is 4.55. The van der Waals surface area contributed by atoms with Crippen LogP contribution in [0.1, 0.15) is 16.1 Å². The molecule has 0 fully saturated rings. The van der Waals surface area contributed by atoms with Gasteiger partial charge in [-0.05, 0) is 30.3 Å². The SMILES string of the molecule is O=C(O)c1c(-c2ccc[nH]c2=O)c2c3ncccc3ccc2n1Cc1ccc(F)cc1F. The number of nitrogens with zero attached hydrogens (tertiary/aromatic N) is 2. The number of aromatic carboxylic acids is 1. The molecule has 0 aliphatic carbocycles. The standard InChI is InChI=1S/C24H15F2N3O3/c25-15-7-5-14(17(26)11-15)12-29-18-8-6-13-3-1-9-27-21(13)20(18)19(22(29)24(31)32)16-4-2-10-28-23(16)30/h1-11H,12H2,(H,28,30)(H,31,32). The van der Waals surface area contributed by atoms with Gasteiger partial charge in [-0.25, -0.2) is 13.6 Å². The number of benzene rings is 2. The van der Waals surface area contributed by atoms with Gasteiger partial charge in [0, 0.05) is 40.4 Å². The molecule has 5 aromatic rings. The lowest BCUT2D eigenvalue weighted by Gasteiger charge is -2.10. The lowest BCUT2D eigenvalue weighted by Crippen LogP contribution is -2.14. The molecular formula is C24H15F2N3O3. The summed E-state index contributed by atoms with van der Waals surface area (Å²) in [6.07, 6.45) is 3.04. The van der Waals surface area contributed by atoms with Crippen molar-refractivity contribution in [3.63, 3.8) is 0 Å². The highest BCUT2D eigenvalue weighted by atomic mass is 19.1. The van der Waals surface area contributed by atoms with Gasteiger partial charge in [0.05, 0.1) is 23.1 Å². The van der Waals surface area contributed by atoms with Gasteiger partial charge in [0.1, 0.15) is 17.3 Å². The van der Waals surface area contributed by atoms with Gasteiger partial charge < -0.3 is 14.7 Å². The minimum atomic E-state index is -1.29. The third-order valence-electron chi connectivity index (χ3n) is 5.43. The van der Waals surface area contributed by atoms with Crippen LogP contribution < -0.4 is 5.56 Å². The molecule has 32 heavy (non-hydrogen) atoms. The maximum atomic E-state index is 14.4. The maximum Gasteiger partial charge on any atom is 0.353 e. The highest BCUT2D eigenvalue weighted by Gasteiger charge is 2.27. The van der Waals surface area contributed by atoms with Crippen molar-refractivity contribution >= 4 is 27.8 Å². The molecular weight excluding hydrogens is 416 g/mol. The average molecular weight is 431 g/mol. The average Bonchev–Trinajstić information content (AvgIpc) is 3.10. The van der Waals surface area contributed by atoms with Gasteiger partial charge in [-0.2, -0.15) is 0 Å². The molecule has 2 N–H and O–H groups in total. The lowest BCUT2D eigenvalue weighted by molar-refractivity contribution is 0.0687. The summed E-state index contributed by atoms with van der Waals surface area (Å²) >= 11 is 0. The number of carboxylic acids is 1. The Hall–Kier alpha value is -4.33. The summed E-state index contributed by atoms with van der Waals surface area (Å²) in [5, 5.41) is 11.4. The molecule has 0 aliphatic heterocycles. The zero-order chi connectivity index (χ0) is 22.4. The van der Waals surface area contributed by atoms with Crippen molar-refractivity contribution in [3.05, 3.63) is 100 Å². The molecule has 0 saturated heterocycles. The molecule has 5 rings (SSSR count). The van der Waals surface area contributed by atoms with E-state index in [1.54, 1.807) is 30.5 Å². The fourth-order valence-corrected chi connectivity index (χ4v) is 4.07. The van der Waals surface area contributed by atoms with Crippen LogP contribution in [0.2, 0.25) is 0 Å². The van der Waals surface area contributed by atoms with Gasteiger partial charge in [0.25, 0.3) is 5.56 Å².